The van der Waals surface area contributed by atoms with Crippen LogP contribution in [0.4, 0.5) is 5.69 Å². The minimum atomic E-state index is -0.401. The molecule has 0 aliphatic carbocycles. The van der Waals surface area contributed by atoms with Crippen LogP contribution in [0.3, 0.4) is 0 Å². The van der Waals surface area contributed by atoms with Gasteiger partial charge in [-0.1, -0.05) is 0 Å². The second-order valence-electron chi connectivity index (χ2n) is 4.41. The lowest BCUT2D eigenvalue weighted by molar-refractivity contribution is 0.0941. The number of H-pyrrole nitrogens is 1. The van der Waals surface area contributed by atoms with Crippen molar-refractivity contribution in [1.29, 1.82) is 0 Å². The van der Waals surface area contributed by atoms with Crippen molar-refractivity contribution in [3.05, 3.63) is 51.9 Å². The number of nitrogens with one attached hydrogen (secondary N) is 1. The fourth-order valence-corrected chi connectivity index (χ4v) is 1.73. The predicted molar refractivity (Wildman–Crippen MR) is 73.4 cm³/mol. The molecule has 100 valence electrons. The van der Waals surface area contributed by atoms with Gasteiger partial charge in [0.25, 0.3) is 11.5 Å². The normalized spacial score (nSPS) is 10.5. The smallest absolute Gasteiger partial charge is 0.279 e. The molecule has 0 radical (unpaired) electrons. The molecule has 19 heavy (non-hydrogen) atoms. The largest absolute Gasteiger partial charge is 0.378 e. The van der Waals surface area contributed by atoms with Crippen LogP contribution in [0.1, 0.15) is 16.1 Å². The Morgan fingerprint density at radius 2 is 1.95 bits per heavy atom. The van der Waals surface area contributed by atoms with Gasteiger partial charge in [-0.3, -0.25) is 14.7 Å². The SMILES string of the molecule is CN(C)c1ccc(C(=O)n2[nH]c(CN)cc2=O)cc1. The molecule has 0 aliphatic rings. The van der Waals surface area contributed by atoms with Gasteiger partial charge in [-0.05, 0) is 24.3 Å². The first kappa shape index (κ1) is 13.1. The number of aromatic nitrogens is 2. The van der Waals surface area contributed by atoms with Crippen molar-refractivity contribution in [1.82, 2.24) is 9.78 Å². The highest BCUT2D eigenvalue weighted by atomic mass is 16.2. The van der Waals surface area contributed by atoms with Crippen LogP contribution in [-0.2, 0) is 6.54 Å². The third kappa shape index (κ3) is 2.58. The van der Waals surface area contributed by atoms with Crippen molar-refractivity contribution in [2.24, 2.45) is 5.73 Å². The maximum Gasteiger partial charge on any atom is 0.279 e. The van der Waals surface area contributed by atoms with Crippen molar-refractivity contribution >= 4 is 11.6 Å². The summed E-state index contributed by atoms with van der Waals surface area (Å²) in [5.41, 5.74) is 6.98. The standard InChI is InChI=1S/C13H16N4O2/c1-16(2)11-5-3-9(4-6-11)13(19)17-12(18)7-10(8-14)15-17/h3-7,15H,8,14H2,1-2H3. The van der Waals surface area contributed by atoms with Crippen LogP contribution < -0.4 is 16.2 Å². The van der Waals surface area contributed by atoms with Gasteiger partial charge in [0.1, 0.15) is 0 Å². The number of carbonyl (C=O) groups is 1. The number of anilines is 1. The van der Waals surface area contributed by atoms with E-state index in [0.717, 1.165) is 10.4 Å². The van der Waals surface area contributed by atoms with Gasteiger partial charge < -0.3 is 10.6 Å². The molecule has 1 heterocycles. The Kier molecular flexibility index (Phi) is 3.52. The van der Waals surface area contributed by atoms with E-state index in [0.29, 0.717) is 11.3 Å². The molecule has 3 N–H and O–H groups in total. The van der Waals surface area contributed by atoms with Crippen molar-refractivity contribution in [2.45, 2.75) is 6.54 Å². The minimum absolute atomic E-state index is 0.190. The second kappa shape index (κ2) is 5.11. The summed E-state index contributed by atoms with van der Waals surface area (Å²) in [6, 6.07) is 8.35. The van der Waals surface area contributed by atoms with E-state index < -0.39 is 11.5 Å². The van der Waals surface area contributed by atoms with E-state index >= 15 is 0 Å². The van der Waals surface area contributed by atoms with Gasteiger partial charge in [0.15, 0.2) is 0 Å². The number of nitrogens with zero attached hydrogens (tertiary/aromatic N) is 2. The third-order valence-electron chi connectivity index (χ3n) is 2.83. The summed E-state index contributed by atoms with van der Waals surface area (Å²) in [4.78, 5) is 25.7. The van der Waals surface area contributed by atoms with Crippen LogP contribution in [0.15, 0.2) is 35.1 Å². The molecule has 0 aliphatic heterocycles. The van der Waals surface area contributed by atoms with Gasteiger partial charge in [0.2, 0.25) is 0 Å². The molecule has 2 aromatic rings. The highest BCUT2D eigenvalue weighted by Crippen LogP contribution is 2.12. The van der Waals surface area contributed by atoms with Crippen molar-refractivity contribution in [3.63, 3.8) is 0 Å². The topological polar surface area (TPSA) is 84.1 Å². The summed E-state index contributed by atoms with van der Waals surface area (Å²) >= 11 is 0. The van der Waals surface area contributed by atoms with Crippen LogP contribution in [0.25, 0.3) is 0 Å². The highest BCUT2D eigenvalue weighted by Gasteiger charge is 2.12. The Morgan fingerprint density at radius 1 is 1.32 bits per heavy atom. The molecule has 1 aromatic heterocycles. The Hall–Kier alpha value is -2.34. The molecular formula is C13H16N4O2. The molecule has 0 fully saturated rings. The summed E-state index contributed by atoms with van der Waals surface area (Å²) < 4.78 is 0.965. The van der Waals surface area contributed by atoms with E-state index in [4.69, 9.17) is 5.73 Å². The van der Waals surface area contributed by atoms with Crippen LogP contribution >= 0.6 is 0 Å². The average molecular weight is 260 g/mol. The molecule has 0 bridgehead atoms. The molecule has 0 saturated carbocycles. The van der Waals surface area contributed by atoms with E-state index in [9.17, 15) is 9.59 Å². The van der Waals surface area contributed by atoms with Gasteiger partial charge in [-0.2, -0.15) is 4.68 Å². The average Bonchev–Trinajstić information content (AvgIpc) is 2.79. The summed E-state index contributed by atoms with van der Waals surface area (Å²) in [5.74, 6) is -0.394. The molecular weight excluding hydrogens is 244 g/mol. The number of hydrogen-bond donors (Lipinski definition) is 2. The summed E-state index contributed by atoms with van der Waals surface area (Å²) in [5, 5.41) is 2.69. The fourth-order valence-electron chi connectivity index (χ4n) is 1.73. The first-order valence-electron chi connectivity index (χ1n) is 5.86. The number of aromatic amines is 1. The van der Waals surface area contributed by atoms with Crippen molar-refractivity contribution < 1.29 is 4.79 Å². The maximum absolute atomic E-state index is 12.2. The summed E-state index contributed by atoms with van der Waals surface area (Å²) in [6.45, 7) is 0.190. The lowest BCUT2D eigenvalue weighted by atomic mass is 10.2. The lowest BCUT2D eigenvalue weighted by Crippen LogP contribution is -2.24. The lowest BCUT2D eigenvalue weighted by Gasteiger charge is -2.12. The van der Waals surface area contributed by atoms with Crippen LogP contribution in [0, 0.1) is 0 Å². The molecule has 2 rings (SSSR count). The fraction of sp³-hybridized carbons (Fsp3) is 0.231. The van der Waals surface area contributed by atoms with Crippen molar-refractivity contribution in [3.8, 4) is 0 Å². The Morgan fingerprint density at radius 3 is 2.42 bits per heavy atom. The predicted octanol–water partition coefficient (Wildman–Crippen LogP) is 0.390. The highest BCUT2D eigenvalue weighted by molar-refractivity contribution is 5.95. The number of hydrogen-bond acceptors (Lipinski definition) is 4. The molecule has 0 unspecified atom stereocenters. The monoisotopic (exact) mass is 260 g/mol. The molecule has 0 saturated heterocycles. The Balaban J connectivity index is 2.33. The zero-order valence-corrected chi connectivity index (χ0v) is 10.9. The second-order valence-corrected chi connectivity index (χ2v) is 4.41. The summed E-state index contributed by atoms with van der Waals surface area (Å²) in [7, 11) is 3.83. The van der Waals surface area contributed by atoms with Crippen molar-refractivity contribution in [2.75, 3.05) is 19.0 Å². The van der Waals surface area contributed by atoms with Crippen LogP contribution in [0.5, 0.6) is 0 Å². The summed E-state index contributed by atoms with van der Waals surface area (Å²) in [6.07, 6.45) is 0. The van der Waals surface area contributed by atoms with Gasteiger partial charge >= 0.3 is 0 Å². The first-order valence-corrected chi connectivity index (χ1v) is 5.86. The quantitative estimate of drug-likeness (QED) is 0.836. The number of nitrogens with two attached hydrogens (primary N) is 1. The van der Waals surface area contributed by atoms with Gasteiger partial charge in [-0.25, -0.2) is 0 Å². The molecule has 1 aromatic carbocycles. The Labute approximate surface area is 110 Å². The van der Waals surface area contributed by atoms with E-state index in [1.165, 1.54) is 6.07 Å². The number of benzene rings is 1. The van der Waals surface area contributed by atoms with Crippen LogP contribution in [0.2, 0.25) is 0 Å². The van der Waals surface area contributed by atoms with Crippen LogP contribution in [-0.4, -0.2) is 29.8 Å². The molecule has 6 heteroatoms. The maximum atomic E-state index is 12.2. The Bertz CT molecular complexity index is 637. The van der Waals surface area contributed by atoms with E-state index in [1.807, 2.05) is 31.1 Å². The molecule has 6 nitrogen and oxygen atoms in total. The molecule has 0 atom stereocenters. The number of carbonyl (C=O) groups excluding carboxylic acids is 1. The van der Waals surface area contributed by atoms with E-state index in [2.05, 4.69) is 5.10 Å². The minimum Gasteiger partial charge on any atom is -0.378 e. The van der Waals surface area contributed by atoms with Gasteiger partial charge in [0.05, 0.1) is 5.69 Å². The third-order valence-corrected chi connectivity index (χ3v) is 2.83. The van der Waals surface area contributed by atoms with Gasteiger partial charge in [0, 0.05) is 38.0 Å². The zero-order valence-electron chi connectivity index (χ0n) is 10.9. The first-order chi connectivity index (χ1) is 9.02. The van der Waals surface area contributed by atoms with E-state index in [1.54, 1.807) is 12.1 Å². The van der Waals surface area contributed by atoms with E-state index in [-0.39, 0.29) is 6.54 Å². The van der Waals surface area contributed by atoms with Gasteiger partial charge in [-0.15, -0.1) is 0 Å². The zero-order chi connectivity index (χ0) is 14.0. The number of rotatable bonds is 3. The molecule has 0 amide bonds. The molecule has 0 spiro atoms.